The number of anilines is 2. The quantitative estimate of drug-likeness (QED) is 0.838. The van der Waals surface area contributed by atoms with E-state index >= 15 is 0 Å². The fourth-order valence-corrected chi connectivity index (χ4v) is 2.73. The molecule has 1 aliphatic rings. The van der Waals surface area contributed by atoms with Crippen molar-refractivity contribution in [3.8, 4) is 11.4 Å². The molecule has 0 spiro atoms. The number of nitrogens with two attached hydrogens (primary N) is 1. The number of nitrogens with zero attached hydrogens (tertiary/aromatic N) is 3. The van der Waals surface area contributed by atoms with Crippen LogP contribution >= 0.6 is 11.5 Å². The zero-order valence-corrected chi connectivity index (χ0v) is 10.5. The smallest absolute Gasteiger partial charge is 0.200 e. The lowest BCUT2D eigenvalue weighted by Gasteiger charge is -2.27. The summed E-state index contributed by atoms with van der Waals surface area (Å²) in [4.78, 5) is 6.52. The van der Waals surface area contributed by atoms with Crippen LogP contribution in [0.25, 0.3) is 11.4 Å². The lowest BCUT2D eigenvalue weighted by molar-refractivity contribution is 0.744. The molecule has 0 saturated carbocycles. The average Bonchev–Trinajstić information content (AvgIpc) is 2.76. The molecule has 4 nitrogen and oxygen atoms in total. The van der Waals surface area contributed by atoms with Gasteiger partial charge in [0.25, 0.3) is 0 Å². The van der Waals surface area contributed by atoms with Crippen molar-refractivity contribution in [3.05, 3.63) is 23.8 Å². The number of hydrogen-bond acceptors (Lipinski definition) is 5. The van der Waals surface area contributed by atoms with Crippen LogP contribution in [0.4, 0.5) is 10.8 Å². The monoisotopic (exact) mass is 246 g/mol. The van der Waals surface area contributed by atoms with Gasteiger partial charge in [-0.3, -0.25) is 0 Å². The number of fused-ring (bicyclic) bond motifs is 1. The Balaban J connectivity index is 2.03. The van der Waals surface area contributed by atoms with Crippen molar-refractivity contribution in [3.63, 3.8) is 0 Å². The zero-order chi connectivity index (χ0) is 11.8. The molecule has 3 rings (SSSR count). The molecule has 17 heavy (non-hydrogen) atoms. The summed E-state index contributed by atoms with van der Waals surface area (Å²) >= 11 is 1.24. The fraction of sp³-hybridized carbons (Fsp3) is 0.333. The third-order valence-electron chi connectivity index (χ3n) is 3.13. The van der Waals surface area contributed by atoms with Gasteiger partial charge in [-0.2, -0.15) is 9.36 Å². The van der Waals surface area contributed by atoms with Crippen LogP contribution in [-0.2, 0) is 6.42 Å². The second kappa shape index (κ2) is 4.00. The van der Waals surface area contributed by atoms with Gasteiger partial charge in [0.1, 0.15) is 0 Å². The molecule has 2 heterocycles. The largest absolute Gasteiger partial charge is 0.374 e. The van der Waals surface area contributed by atoms with Gasteiger partial charge < -0.3 is 10.6 Å². The normalized spacial score (nSPS) is 14.8. The van der Waals surface area contributed by atoms with E-state index in [0.717, 1.165) is 24.4 Å². The van der Waals surface area contributed by atoms with Gasteiger partial charge in [0.2, 0.25) is 0 Å². The molecule has 1 aromatic carbocycles. The van der Waals surface area contributed by atoms with E-state index in [-0.39, 0.29) is 0 Å². The molecule has 0 unspecified atom stereocenters. The van der Waals surface area contributed by atoms with Gasteiger partial charge in [-0.25, -0.2) is 0 Å². The molecule has 0 bridgehead atoms. The number of aryl methyl sites for hydroxylation is 1. The Morgan fingerprint density at radius 1 is 1.41 bits per heavy atom. The zero-order valence-electron chi connectivity index (χ0n) is 9.68. The topological polar surface area (TPSA) is 55.0 Å². The fourth-order valence-electron chi connectivity index (χ4n) is 2.28. The Bertz CT molecular complexity index is 549. The van der Waals surface area contributed by atoms with Crippen LogP contribution < -0.4 is 10.6 Å². The molecule has 0 fully saturated rings. The van der Waals surface area contributed by atoms with Crippen molar-refractivity contribution in [2.45, 2.75) is 12.8 Å². The summed E-state index contributed by atoms with van der Waals surface area (Å²) in [5, 5.41) is 0.523. The van der Waals surface area contributed by atoms with Crippen molar-refractivity contribution in [2.75, 3.05) is 24.2 Å². The molecule has 2 N–H and O–H groups in total. The lowest BCUT2D eigenvalue weighted by Crippen LogP contribution is -2.24. The Labute approximate surface area is 104 Å². The van der Waals surface area contributed by atoms with Gasteiger partial charge in [0, 0.05) is 36.4 Å². The van der Waals surface area contributed by atoms with Crippen LogP contribution in [0.15, 0.2) is 18.2 Å². The molecule has 0 amide bonds. The molecule has 2 aromatic rings. The van der Waals surface area contributed by atoms with Crippen molar-refractivity contribution in [1.82, 2.24) is 9.36 Å². The summed E-state index contributed by atoms with van der Waals surface area (Å²) in [5.41, 5.74) is 9.38. The second-order valence-electron chi connectivity index (χ2n) is 4.32. The molecule has 1 aromatic heterocycles. The first kappa shape index (κ1) is 10.5. The minimum absolute atomic E-state index is 0.523. The Hall–Kier alpha value is -1.62. The van der Waals surface area contributed by atoms with Crippen LogP contribution in [0.5, 0.6) is 0 Å². The SMILES string of the molecule is CN1CCCc2cc(-c3nsc(N)n3)ccc21. The van der Waals surface area contributed by atoms with E-state index in [1.165, 1.54) is 29.2 Å². The first-order chi connectivity index (χ1) is 8.24. The van der Waals surface area contributed by atoms with Gasteiger partial charge >= 0.3 is 0 Å². The molecular formula is C12H14N4S. The van der Waals surface area contributed by atoms with E-state index in [2.05, 4.69) is 39.5 Å². The summed E-state index contributed by atoms with van der Waals surface area (Å²) < 4.78 is 4.25. The van der Waals surface area contributed by atoms with Crippen LogP contribution in [0.2, 0.25) is 0 Å². The van der Waals surface area contributed by atoms with Crippen molar-refractivity contribution < 1.29 is 0 Å². The first-order valence-corrected chi connectivity index (χ1v) is 6.45. The van der Waals surface area contributed by atoms with Crippen molar-refractivity contribution in [2.24, 2.45) is 0 Å². The lowest BCUT2D eigenvalue weighted by atomic mass is 9.99. The van der Waals surface area contributed by atoms with E-state index in [4.69, 9.17) is 5.73 Å². The molecule has 0 aliphatic carbocycles. The number of benzene rings is 1. The maximum absolute atomic E-state index is 5.61. The highest BCUT2D eigenvalue weighted by molar-refractivity contribution is 7.09. The van der Waals surface area contributed by atoms with E-state index in [1.807, 2.05) is 0 Å². The highest BCUT2D eigenvalue weighted by Gasteiger charge is 2.15. The summed E-state index contributed by atoms with van der Waals surface area (Å²) in [6.07, 6.45) is 2.34. The van der Waals surface area contributed by atoms with Gasteiger partial charge in [0.05, 0.1) is 0 Å². The van der Waals surface area contributed by atoms with Gasteiger partial charge in [-0.15, -0.1) is 0 Å². The predicted molar refractivity (Wildman–Crippen MR) is 71.3 cm³/mol. The van der Waals surface area contributed by atoms with Crippen molar-refractivity contribution in [1.29, 1.82) is 0 Å². The average molecular weight is 246 g/mol. The molecule has 1 aliphatic heterocycles. The summed E-state index contributed by atoms with van der Waals surface area (Å²) in [6, 6.07) is 6.41. The number of nitrogen functional groups attached to an aromatic ring is 1. The van der Waals surface area contributed by atoms with Gasteiger partial charge in [0.15, 0.2) is 11.0 Å². The first-order valence-electron chi connectivity index (χ1n) is 5.67. The Morgan fingerprint density at radius 2 is 2.29 bits per heavy atom. The van der Waals surface area contributed by atoms with Crippen LogP contribution in [0, 0.1) is 0 Å². The molecular weight excluding hydrogens is 232 g/mol. The molecule has 0 radical (unpaired) electrons. The highest BCUT2D eigenvalue weighted by Crippen LogP contribution is 2.30. The third-order valence-corrected chi connectivity index (χ3v) is 3.67. The maximum atomic E-state index is 5.61. The minimum atomic E-state index is 0.523. The van der Waals surface area contributed by atoms with Crippen LogP contribution in [0.3, 0.4) is 0 Å². The van der Waals surface area contributed by atoms with Crippen LogP contribution in [0.1, 0.15) is 12.0 Å². The van der Waals surface area contributed by atoms with Crippen LogP contribution in [-0.4, -0.2) is 22.9 Å². The minimum Gasteiger partial charge on any atom is -0.374 e. The van der Waals surface area contributed by atoms with Crippen molar-refractivity contribution >= 4 is 22.4 Å². The molecule has 0 atom stereocenters. The van der Waals surface area contributed by atoms with Gasteiger partial charge in [-0.1, -0.05) is 0 Å². The van der Waals surface area contributed by atoms with E-state index in [9.17, 15) is 0 Å². The van der Waals surface area contributed by atoms with E-state index in [0.29, 0.717) is 5.13 Å². The van der Waals surface area contributed by atoms with E-state index in [1.54, 1.807) is 0 Å². The Morgan fingerprint density at radius 3 is 3.06 bits per heavy atom. The molecule has 0 saturated heterocycles. The van der Waals surface area contributed by atoms with E-state index < -0.39 is 0 Å². The van der Waals surface area contributed by atoms with Gasteiger partial charge in [-0.05, 0) is 36.6 Å². The predicted octanol–water partition coefficient (Wildman–Crippen LogP) is 2.17. The molecule has 88 valence electrons. The second-order valence-corrected chi connectivity index (χ2v) is 5.11. The standard InChI is InChI=1S/C12H14N4S/c1-16-6-2-3-8-7-9(4-5-10(8)16)11-14-12(13)17-15-11/h4-5,7H,2-3,6H2,1H3,(H2,13,14,15). The summed E-state index contributed by atoms with van der Waals surface area (Å²) in [5.74, 6) is 0.739. The summed E-state index contributed by atoms with van der Waals surface area (Å²) in [7, 11) is 2.14. The number of hydrogen-bond donors (Lipinski definition) is 1. The third kappa shape index (κ3) is 1.86. The number of aromatic nitrogens is 2. The Kier molecular flexibility index (Phi) is 2.48. The maximum Gasteiger partial charge on any atom is 0.200 e. The molecule has 5 heteroatoms. The highest BCUT2D eigenvalue weighted by atomic mass is 32.1. The summed E-state index contributed by atoms with van der Waals surface area (Å²) in [6.45, 7) is 1.13. The number of rotatable bonds is 1.